The Kier molecular flexibility index (Phi) is 7.73. The summed E-state index contributed by atoms with van der Waals surface area (Å²) in [4.78, 5) is 0. The molecule has 2 aromatic carbocycles. The standard InChI is InChI=1S/C25H36O4/c1-18(2)23(20-12-10-9-11-13-20)29-21-15-14-19(16-22(21)26-7)17-28-25(5,6)24(3,4)27-8/h9-16,18,23H,17H2,1-8H3. The third-order valence-corrected chi connectivity index (χ3v) is 5.78. The molecule has 160 valence electrons. The van der Waals surface area contributed by atoms with Gasteiger partial charge in [0.15, 0.2) is 11.5 Å². The Hall–Kier alpha value is -2.04. The minimum absolute atomic E-state index is 0.0476. The van der Waals surface area contributed by atoms with E-state index in [0.29, 0.717) is 18.3 Å². The van der Waals surface area contributed by atoms with Crippen LogP contribution >= 0.6 is 0 Å². The lowest BCUT2D eigenvalue weighted by Gasteiger charge is -2.40. The highest BCUT2D eigenvalue weighted by molar-refractivity contribution is 5.43. The van der Waals surface area contributed by atoms with Crippen molar-refractivity contribution >= 4 is 0 Å². The molecule has 2 aromatic rings. The first kappa shape index (κ1) is 23.2. The molecule has 0 N–H and O–H groups in total. The van der Waals surface area contributed by atoms with Crippen LogP contribution in [0, 0.1) is 5.92 Å². The van der Waals surface area contributed by atoms with Crippen LogP contribution in [0.5, 0.6) is 11.5 Å². The summed E-state index contributed by atoms with van der Waals surface area (Å²) in [5, 5.41) is 0. The molecular formula is C25H36O4. The van der Waals surface area contributed by atoms with Gasteiger partial charge < -0.3 is 18.9 Å². The molecule has 0 spiro atoms. The Labute approximate surface area is 176 Å². The molecule has 0 heterocycles. The van der Waals surface area contributed by atoms with E-state index in [1.807, 2.05) is 64.1 Å². The van der Waals surface area contributed by atoms with E-state index < -0.39 is 11.2 Å². The summed E-state index contributed by atoms with van der Waals surface area (Å²) in [6.07, 6.45) is -0.0476. The number of hydrogen-bond acceptors (Lipinski definition) is 4. The van der Waals surface area contributed by atoms with Gasteiger partial charge >= 0.3 is 0 Å². The van der Waals surface area contributed by atoms with Crippen molar-refractivity contribution < 1.29 is 18.9 Å². The fraction of sp³-hybridized carbons (Fsp3) is 0.520. The molecule has 0 amide bonds. The van der Waals surface area contributed by atoms with Gasteiger partial charge in [0, 0.05) is 7.11 Å². The van der Waals surface area contributed by atoms with Crippen LogP contribution in [-0.2, 0) is 16.1 Å². The zero-order valence-corrected chi connectivity index (χ0v) is 19.1. The van der Waals surface area contributed by atoms with Crippen molar-refractivity contribution in [1.82, 2.24) is 0 Å². The Morgan fingerprint density at radius 1 is 0.828 bits per heavy atom. The fourth-order valence-electron chi connectivity index (χ4n) is 2.95. The molecule has 0 saturated carbocycles. The summed E-state index contributed by atoms with van der Waals surface area (Å²) in [6.45, 7) is 12.9. The molecule has 0 saturated heterocycles. The monoisotopic (exact) mass is 400 g/mol. The molecule has 4 nitrogen and oxygen atoms in total. The largest absolute Gasteiger partial charge is 0.493 e. The van der Waals surface area contributed by atoms with E-state index >= 15 is 0 Å². The number of ether oxygens (including phenoxy) is 4. The van der Waals surface area contributed by atoms with Gasteiger partial charge in [-0.1, -0.05) is 50.2 Å². The predicted octanol–water partition coefficient (Wildman–Crippen LogP) is 6.19. The molecule has 29 heavy (non-hydrogen) atoms. The van der Waals surface area contributed by atoms with Crippen molar-refractivity contribution in [2.75, 3.05) is 14.2 Å². The Morgan fingerprint density at radius 3 is 2.03 bits per heavy atom. The van der Waals surface area contributed by atoms with Crippen LogP contribution in [-0.4, -0.2) is 25.4 Å². The van der Waals surface area contributed by atoms with Gasteiger partial charge in [-0.05, 0) is 56.9 Å². The lowest BCUT2D eigenvalue weighted by atomic mass is 9.89. The normalized spacial score (nSPS) is 13.4. The van der Waals surface area contributed by atoms with Crippen LogP contribution in [0.25, 0.3) is 0 Å². The van der Waals surface area contributed by atoms with Crippen LogP contribution in [0.1, 0.15) is 58.8 Å². The maximum atomic E-state index is 6.37. The first-order valence-corrected chi connectivity index (χ1v) is 10.2. The second-order valence-corrected chi connectivity index (χ2v) is 8.69. The predicted molar refractivity (Wildman–Crippen MR) is 118 cm³/mol. The van der Waals surface area contributed by atoms with Crippen molar-refractivity contribution in [3.05, 3.63) is 59.7 Å². The Morgan fingerprint density at radius 2 is 1.48 bits per heavy atom. The topological polar surface area (TPSA) is 36.9 Å². The second-order valence-electron chi connectivity index (χ2n) is 8.69. The first-order chi connectivity index (χ1) is 13.6. The third-order valence-electron chi connectivity index (χ3n) is 5.78. The molecule has 0 aliphatic carbocycles. The van der Waals surface area contributed by atoms with Gasteiger partial charge in [-0.15, -0.1) is 0 Å². The van der Waals surface area contributed by atoms with Crippen LogP contribution in [0.4, 0.5) is 0 Å². The van der Waals surface area contributed by atoms with Gasteiger partial charge in [0.1, 0.15) is 6.10 Å². The van der Waals surface area contributed by atoms with Gasteiger partial charge in [0.2, 0.25) is 0 Å². The van der Waals surface area contributed by atoms with E-state index in [4.69, 9.17) is 18.9 Å². The van der Waals surface area contributed by atoms with Gasteiger partial charge in [-0.3, -0.25) is 0 Å². The first-order valence-electron chi connectivity index (χ1n) is 10.2. The Balaban J connectivity index is 2.18. The summed E-state index contributed by atoms with van der Waals surface area (Å²) >= 11 is 0. The highest BCUT2D eigenvalue weighted by Crippen LogP contribution is 2.36. The SMILES string of the molecule is COc1cc(COC(C)(C)C(C)(C)OC)ccc1OC(c1ccccc1)C(C)C. The third kappa shape index (κ3) is 5.74. The van der Waals surface area contributed by atoms with Gasteiger partial charge in [-0.2, -0.15) is 0 Å². The number of benzene rings is 2. The quantitative estimate of drug-likeness (QED) is 0.476. The number of methoxy groups -OCH3 is 2. The zero-order chi connectivity index (χ0) is 21.7. The van der Waals surface area contributed by atoms with Crippen LogP contribution in [0.15, 0.2) is 48.5 Å². The summed E-state index contributed by atoms with van der Waals surface area (Å²) in [5.74, 6) is 1.76. The highest BCUT2D eigenvalue weighted by Gasteiger charge is 2.38. The fourth-order valence-corrected chi connectivity index (χ4v) is 2.95. The zero-order valence-electron chi connectivity index (χ0n) is 19.1. The van der Waals surface area contributed by atoms with Crippen LogP contribution in [0.2, 0.25) is 0 Å². The molecule has 4 heteroatoms. The lowest BCUT2D eigenvalue weighted by Crippen LogP contribution is -2.48. The Bertz CT molecular complexity index is 766. The number of rotatable bonds is 10. The highest BCUT2D eigenvalue weighted by atomic mass is 16.6. The molecule has 0 fully saturated rings. The average molecular weight is 401 g/mol. The van der Waals surface area contributed by atoms with E-state index in [-0.39, 0.29) is 6.10 Å². The van der Waals surface area contributed by atoms with Crippen molar-refractivity contribution in [2.45, 2.75) is 65.5 Å². The van der Waals surface area contributed by atoms with Crippen LogP contribution < -0.4 is 9.47 Å². The van der Waals surface area contributed by atoms with Crippen LogP contribution in [0.3, 0.4) is 0 Å². The molecule has 1 unspecified atom stereocenters. The van der Waals surface area contributed by atoms with E-state index in [9.17, 15) is 0 Å². The summed E-state index contributed by atoms with van der Waals surface area (Å²) in [6, 6.07) is 16.2. The second kappa shape index (κ2) is 9.64. The van der Waals surface area contributed by atoms with E-state index in [0.717, 1.165) is 16.9 Å². The number of hydrogen-bond donors (Lipinski definition) is 0. The molecule has 0 bridgehead atoms. The maximum absolute atomic E-state index is 6.37. The molecule has 0 aliphatic heterocycles. The smallest absolute Gasteiger partial charge is 0.162 e. The summed E-state index contributed by atoms with van der Waals surface area (Å²) < 4.78 is 23.8. The van der Waals surface area contributed by atoms with E-state index in [2.05, 4.69) is 26.0 Å². The molecule has 0 radical (unpaired) electrons. The molecule has 0 aliphatic rings. The van der Waals surface area contributed by atoms with Gasteiger partial charge in [-0.25, -0.2) is 0 Å². The average Bonchev–Trinajstić information content (AvgIpc) is 2.71. The minimum atomic E-state index is -0.444. The van der Waals surface area contributed by atoms with Gasteiger partial charge in [0.25, 0.3) is 0 Å². The lowest BCUT2D eigenvalue weighted by molar-refractivity contribution is -0.169. The summed E-state index contributed by atoms with van der Waals surface area (Å²) in [7, 11) is 3.37. The van der Waals surface area contributed by atoms with E-state index in [1.54, 1.807) is 14.2 Å². The minimum Gasteiger partial charge on any atom is -0.493 e. The van der Waals surface area contributed by atoms with Crippen molar-refractivity contribution in [2.24, 2.45) is 5.92 Å². The molecule has 1 atom stereocenters. The molecule has 0 aromatic heterocycles. The molecule has 2 rings (SSSR count). The van der Waals surface area contributed by atoms with Gasteiger partial charge in [0.05, 0.1) is 24.9 Å². The van der Waals surface area contributed by atoms with E-state index in [1.165, 1.54) is 0 Å². The van der Waals surface area contributed by atoms with Crippen molar-refractivity contribution in [3.8, 4) is 11.5 Å². The summed E-state index contributed by atoms with van der Waals surface area (Å²) in [5.41, 5.74) is 1.33. The van der Waals surface area contributed by atoms with Crippen molar-refractivity contribution in [1.29, 1.82) is 0 Å². The maximum Gasteiger partial charge on any atom is 0.162 e. The molecular weight excluding hydrogens is 364 g/mol. The van der Waals surface area contributed by atoms with Crippen molar-refractivity contribution in [3.63, 3.8) is 0 Å².